The molecular formula is C23H29N5OS2. The highest BCUT2D eigenvalue weighted by Crippen LogP contribution is 2.23. The van der Waals surface area contributed by atoms with Crippen LogP contribution in [0.3, 0.4) is 0 Å². The van der Waals surface area contributed by atoms with E-state index in [9.17, 15) is 4.79 Å². The molecule has 1 aliphatic heterocycles. The van der Waals surface area contributed by atoms with Crippen molar-refractivity contribution in [2.24, 2.45) is 5.92 Å². The van der Waals surface area contributed by atoms with E-state index >= 15 is 0 Å². The Hall–Kier alpha value is -2.29. The fourth-order valence-electron chi connectivity index (χ4n) is 4.07. The molecule has 2 N–H and O–H groups in total. The zero-order valence-electron chi connectivity index (χ0n) is 17.8. The second-order valence-corrected chi connectivity index (χ2v) is 9.64. The zero-order valence-corrected chi connectivity index (χ0v) is 19.5. The normalized spacial score (nSPS) is 17.0. The monoisotopic (exact) mass is 455 g/mol. The lowest BCUT2D eigenvalue weighted by atomic mass is 9.99. The van der Waals surface area contributed by atoms with Gasteiger partial charge in [0.2, 0.25) is 5.91 Å². The van der Waals surface area contributed by atoms with Crippen molar-refractivity contribution in [3.63, 3.8) is 0 Å². The number of rotatable bonds is 8. The van der Waals surface area contributed by atoms with Gasteiger partial charge in [-0.25, -0.2) is 0 Å². The molecule has 0 spiro atoms. The lowest BCUT2D eigenvalue weighted by Gasteiger charge is -2.30. The molecule has 2 aromatic heterocycles. The van der Waals surface area contributed by atoms with Gasteiger partial charge < -0.3 is 5.32 Å². The first kappa shape index (κ1) is 21.9. The first-order valence-electron chi connectivity index (χ1n) is 10.8. The molecule has 1 atom stereocenters. The zero-order chi connectivity index (χ0) is 21.6. The maximum atomic E-state index is 12.4. The molecule has 31 heavy (non-hydrogen) atoms. The fourth-order valence-corrected chi connectivity index (χ4v) is 5.02. The summed E-state index contributed by atoms with van der Waals surface area (Å²) in [6.07, 6.45) is 3.00. The van der Waals surface area contributed by atoms with Crippen LogP contribution < -0.4 is 5.32 Å². The lowest BCUT2D eigenvalue weighted by molar-refractivity contribution is -0.121. The van der Waals surface area contributed by atoms with Crippen molar-refractivity contribution in [1.82, 2.24) is 25.0 Å². The van der Waals surface area contributed by atoms with Crippen molar-refractivity contribution in [1.29, 1.82) is 0 Å². The Kier molecular flexibility index (Phi) is 7.32. The van der Waals surface area contributed by atoms with E-state index in [2.05, 4.69) is 51.6 Å². The number of hydrogen-bond donors (Lipinski definition) is 2. The molecular weight excluding hydrogens is 426 g/mol. The fraction of sp³-hybridized carbons (Fsp3) is 0.435. The Labute approximate surface area is 192 Å². The quantitative estimate of drug-likeness (QED) is 0.487. The lowest BCUT2D eigenvalue weighted by Crippen LogP contribution is -2.33. The highest BCUT2D eigenvalue weighted by Gasteiger charge is 2.16. The van der Waals surface area contributed by atoms with Crippen LogP contribution in [-0.2, 0) is 24.4 Å². The molecule has 3 aromatic rings. The molecule has 0 radical (unpaired) electrons. The third kappa shape index (κ3) is 5.90. The van der Waals surface area contributed by atoms with Crippen molar-refractivity contribution in [3.05, 3.63) is 57.7 Å². The molecule has 1 saturated heterocycles. The Morgan fingerprint density at radius 3 is 2.84 bits per heavy atom. The molecule has 1 fully saturated rings. The van der Waals surface area contributed by atoms with Crippen LogP contribution in [0.4, 0.5) is 0 Å². The van der Waals surface area contributed by atoms with Gasteiger partial charge in [0.25, 0.3) is 0 Å². The van der Waals surface area contributed by atoms with E-state index in [1.807, 2.05) is 22.1 Å². The molecule has 0 aliphatic carbocycles. The molecule has 1 aromatic carbocycles. The van der Waals surface area contributed by atoms with E-state index < -0.39 is 0 Å². The summed E-state index contributed by atoms with van der Waals surface area (Å²) in [5.41, 5.74) is 2.45. The van der Waals surface area contributed by atoms with E-state index in [0.717, 1.165) is 28.7 Å². The summed E-state index contributed by atoms with van der Waals surface area (Å²) in [6, 6.07) is 12.6. The molecule has 6 nitrogen and oxygen atoms in total. The Morgan fingerprint density at radius 2 is 2.10 bits per heavy atom. The van der Waals surface area contributed by atoms with Crippen molar-refractivity contribution >= 4 is 29.5 Å². The van der Waals surface area contributed by atoms with Gasteiger partial charge in [-0.05, 0) is 60.1 Å². The number of piperidine rings is 1. The van der Waals surface area contributed by atoms with Gasteiger partial charge >= 0.3 is 0 Å². The van der Waals surface area contributed by atoms with E-state index in [1.165, 1.54) is 31.5 Å². The van der Waals surface area contributed by atoms with Gasteiger partial charge in [-0.15, -0.1) is 11.3 Å². The number of carbonyl (C=O) groups is 1. The van der Waals surface area contributed by atoms with Gasteiger partial charge in [-0.1, -0.05) is 37.3 Å². The number of amides is 1. The molecule has 4 rings (SSSR count). The Bertz CT molecular complexity index is 1040. The largest absolute Gasteiger partial charge is 0.352 e. The average Bonchev–Trinajstić information content (AvgIpc) is 3.41. The smallest absolute Gasteiger partial charge is 0.222 e. The maximum absolute atomic E-state index is 12.4. The highest BCUT2D eigenvalue weighted by atomic mass is 32.1. The number of benzene rings is 1. The predicted octanol–water partition coefficient (Wildman–Crippen LogP) is 4.61. The first-order chi connectivity index (χ1) is 15.1. The summed E-state index contributed by atoms with van der Waals surface area (Å²) >= 11 is 6.94. The van der Waals surface area contributed by atoms with Gasteiger partial charge in [0.1, 0.15) is 0 Å². The molecule has 3 heterocycles. The number of thiophene rings is 1. The van der Waals surface area contributed by atoms with Crippen LogP contribution in [0.15, 0.2) is 41.8 Å². The molecule has 1 amide bonds. The number of hydrogen-bond acceptors (Lipinski definition) is 5. The standard InChI is InChI=1S/C23H29N5OS2/c1-17-4-2-11-27(15-17)16-19-8-6-18(7-9-19)14-24-21(29)10-12-28-22(25-26-23(28)30)20-5-3-13-31-20/h3,5-9,13,17H,2,4,10-12,14-16H2,1H3,(H,24,29)(H,26,30). The number of carbonyl (C=O) groups excluding carboxylic acids is 1. The van der Waals surface area contributed by atoms with E-state index in [4.69, 9.17) is 12.2 Å². The average molecular weight is 456 g/mol. The second kappa shape index (κ2) is 10.3. The van der Waals surface area contributed by atoms with Crippen molar-refractivity contribution in [3.8, 4) is 10.7 Å². The third-order valence-electron chi connectivity index (χ3n) is 5.72. The number of aromatic amines is 1. The summed E-state index contributed by atoms with van der Waals surface area (Å²) in [6.45, 7) is 6.76. The van der Waals surface area contributed by atoms with Crippen molar-refractivity contribution < 1.29 is 4.79 Å². The van der Waals surface area contributed by atoms with Gasteiger partial charge in [-0.3, -0.25) is 19.4 Å². The van der Waals surface area contributed by atoms with Crippen molar-refractivity contribution in [2.45, 2.75) is 45.8 Å². The van der Waals surface area contributed by atoms with Crippen LogP contribution in [0.2, 0.25) is 0 Å². The van der Waals surface area contributed by atoms with E-state index in [-0.39, 0.29) is 5.91 Å². The second-order valence-electron chi connectivity index (χ2n) is 8.31. The molecule has 1 aliphatic rings. The number of nitrogens with zero attached hydrogens (tertiary/aromatic N) is 3. The van der Waals surface area contributed by atoms with Crippen LogP contribution in [0.25, 0.3) is 10.7 Å². The summed E-state index contributed by atoms with van der Waals surface area (Å²) in [4.78, 5) is 16.0. The SMILES string of the molecule is CC1CCCN(Cc2ccc(CNC(=O)CCn3c(-c4cccs4)n[nH]c3=S)cc2)C1. The van der Waals surface area contributed by atoms with Gasteiger partial charge in [0.05, 0.1) is 4.88 Å². The third-order valence-corrected chi connectivity index (χ3v) is 6.90. The predicted molar refractivity (Wildman–Crippen MR) is 127 cm³/mol. The number of H-pyrrole nitrogens is 1. The summed E-state index contributed by atoms with van der Waals surface area (Å²) in [5, 5.41) is 12.2. The summed E-state index contributed by atoms with van der Waals surface area (Å²) in [7, 11) is 0. The van der Waals surface area contributed by atoms with E-state index in [0.29, 0.717) is 24.3 Å². The Balaban J connectivity index is 1.25. The van der Waals surface area contributed by atoms with Gasteiger partial charge in [-0.2, -0.15) is 5.10 Å². The first-order valence-corrected chi connectivity index (χ1v) is 12.1. The van der Waals surface area contributed by atoms with Crippen LogP contribution in [0, 0.1) is 10.7 Å². The van der Waals surface area contributed by atoms with Gasteiger partial charge in [0, 0.05) is 32.6 Å². The molecule has 8 heteroatoms. The maximum Gasteiger partial charge on any atom is 0.222 e. The van der Waals surface area contributed by atoms with Crippen LogP contribution in [0.5, 0.6) is 0 Å². The molecule has 0 bridgehead atoms. The minimum absolute atomic E-state index is 0.00612. The molecule has 0 saturated carbocycles. The van der Waals surface area contributed by atoms with Crippen LogP contribution in [0.1, 0.15) is 37.3 Å². The summed E-state index contributed by atoms with van der Waals surface area (Å²) in [5.74, 6) is 1.58. The Morgan fingerprint density at radius 1 is 1.29 bits per heavy atom. The van der Waals surface area contributed by atoms with Crippen molar-refractivity contribution in [2.75, 3.05) is 13.1 Å². The number of likely N-dealkylation sites (tertiary alicyclic amines) is 1. The highest BCUT2D eigenvalue weighted by molar-refractivity contribution is 7.71. The number of nitrogens with one attached hydrogen (secondary N) is 2. The van der Waals surface area contributed by atoms with Crippen LogP contribution in [-0.4, -0.2) is 38.7 Å². The minimum atomic E-state index is 0.00612. The number of aromatic nitrogens is 3. The summed E-state index contributed by atoms with van der Waals surface area (Å²) < 4.78 is 2.42. The topological polar surface area (TPSA) is 66.0 Å². The molecule has 1 unspecified atom stereocenters. The molecule has 164 valence electrons. The van der Waals surface area contributed by atoms with E-state index in [1.54, 1.807) is 11.3 Å². The van der Waals surface area contributed by atoms with Gasteiger partial charge in [0.15, 0.2) is 10.6 Å². The van der Waals surface area contributed by atoms with Crippen LogP contribution >= 0.6 is 23.6 Å². The minimum Gasteiger partial charge on any atom is -0.352 e.